The van der Waals surface area contributed by atoms with Crippen molar-refractivity contribution in [3.05, 3.63) is 35.4 Å². The number of amides is 1. The molecule has 0 heterocycles. The van der Waals surface area contributed by atoms with Gasteiger partial charge in [-0.3, -0.25) is 0 Å². The van der Waals surface area contributed by atoms with E-state index in [0.717, 1.165) is 18.5 Å². The third-order valence-electron chi connectivity index (χ3n) is 4.67. The quantitative estimate of drug-likeness (QED) is 0.758. The van der Waals surface area contributed by atoms with Crippen LogP contribution in [0.3, 0.4) is 0 Å². The number of rotatable bonds is 5. The predicted octanol–water partition coefficient (Wildman–Crippen LogP) is 3.98. The standard InChI is InChI=1S/C20H27NO4/c1-20(2,3)25-19(23)21(12-13-8-9-13)17-11-16(17)14-6-5-7-15(10-14)18(22)24-4/h5-7,10,13,16-17H,8-9,11-12H2,1-4H3/t16-,17+/m0/s1. The Morgan fingerprint density at radius 3 is 2.56 bits per heavy atom. The number of nitrogens with zero attached hydrogens (tertiary/aromatic N) is 1. The Bertz CT molecular complexity index is 660. The summed E-state index contributed by atoms with van der Waals surface area (Å²) in [6, 6.07) is 7.67. The highest BCUT2D eigenvalue weighted by Gasteiger charge is 2.47. The highest BCUT2D eigenvalue weighted by Crippen LogP contribution is 2.46. The molecule has 2 aliphatic carbocycles. The molecular weight excluding hydrogens is 318 g/mol. The molecule has 2 aliphatic rings. The van der Waals surface area contributed by atoms with Crippen LogP contribution in [0.2, 0.25) is 0 Å². The van der Waals surface area contributed by atoms with Crippen molar-refractivity contribution in [3.8, 4) is 0 Å². The zero-order valence-corrected chi connectivity index (χ0v) is 15.5. The molecule has 0 unspecified atom stereocenters. The predicted molar refractivity (Wildman–Crippen MR) is 94.6 cm³/mol. The van der Waals surface area contributed by atoms with Crippen LogP contribution in [0.15, 0.2) is 24.3 Å². The van der Waals surface area contributed by atoms with Gasteiger partial charge in [0, 0.05) is 18.5 Å². The van der Waals surface area contributed by atoms with E-state index in [-0.39, 0.29) is 24.0 Å². The van der Waals surface area contributed by atoms with Gasteiger partial charge in [-0.15, -0.1) is 0 Å². The Kier molecular flexibility index (Phi) is 4.76. The number of ether oxygens (including phenoxy) is 2. The highest BCUT2D eigenvalue weighted by molar-refractivity contribution is 5.89. The van der Waals surface area contributed by atoms with Gasteiger partial charge in [-0.1, -0.05) is 12.1 Å². The molecule has 0 saturated heterocycles. The topological polar surface area (TPSA) is 55.8 Å². The second-order valence-electron chi connectivity index (χ2n) is 8.10. The summed E-state index contributed by atoms with van der Waals surface area (Å²) in [6.45, 7) is 6.45. The lowest BCUT2D eigenvalue weighted by molar-refractivity contribution is 0.0220. The van der Waals surface area contributed by atoms with Crippen molar-refractivity contribution in [2.75, 3.05) is 13.7 Å². The number of hydrogen-bond donors (Lipinski definition) is 0. The smallest absolute Gasteiger partial charge is 0.410 e. The van der Waals surface area contributed by atoms with Crippen LogP contribution in [0.25, 0.3) is 0 Å². The Balaban J connectivity index is 1.72. The molecule has 2 fully saturated rings. The maximum atomic E-state index is 12.6. The van der Waals surface area contributed by atoms with Gasteiger partial charge in [0.25, 0.3) is 0 Å². The van der Waals surface area contributed by atoms with Crippen molar-refractivity contribution in [2.45, 2.75) is 57.6 Å². The third kappa shape index (κ3) is 4.53. The van der Waals surface area contributed by atoms with Crippen LogP contribution in [0.4, 0.5) is 4.79 Å². The first-order chi connectivity index (χ1) is 11.8. The van der Waals surface area contributed by atoms with Crippen molar-refractivity contribution in [1.29, 1.82) is 0 Å². The number of carbonyl (C=O) groups excluding carboxylic acids is 2. The van der Waals surface area contributed by atoms with E-state index in [1.54, 1.807) is 6.07 Å². The summed E-state index contributed by atoms with van der Waals surface area (Å²) in [5, 5.41) is 0. The molecule has 0 radical (unpaired) electrons. The summed E-state index contributed by atoms with van der Waals surface area (Å²) >= 11 is 0. The number of esters is 1. The van der Waals surface area contributed by atoms with Gasteiger partial charge >= 0.3 is 12.1 Å². The SMILES string of the molecule is COC(=O)c1cccc([C@@H]2C[C@H]2N(CC2CC2)C(=O)OC(C)(C)C)c1. The lowest BCUT2D eigenvalue weighted by atomic mass is 10.1. The number of benzene rings is 1. The third-order valence-corrected chi connectivity index (χ3v) is 4.67. The Morgan fingerprint density at radius 1 is 1.24 bits per heavy atom. The number of carbonyl (C=O) groups is 2. The molecular formula is C20H27NO4. The van der Waals surface area contributed by atoms with Crippen LogP contribution in [0.1, 0.15) is 61.9 Å². The summed E-state index contributed by atoms with van der Waals surface area (Å²) in [5.41, 5.74) is 1.14. The van der Waals surface area contributed by atoms with Gasteiger partial charge in [-0.25, -0.2) is 9.59 Å². The summed E-state index contributed by atoms with van der Waals surface area (Å²) < 4.78 is 10.4. The van der Waals surface area contributed by atoms with E-state index in [0.29, 0.717) is 11.5 Å². The second kappa shape index (κ2) is 6.70. The molecule has 1 aromatic rings. The maximum absolute atomic E-state index is 12.6. The van der Waals surface area contributed by atoms with Crippen molar-refractivity contribution >= 4 is 12.1 Å². The van der Waals surface area contributed by atoms with Crippen molar-refractivity contribution in [3.63, 3.8) is 0 Å². The average molecular weight is 345 g/mol. The Hall–Kier alpha value is -2.04. The van der Waals surface area contributed by atoms with Crippen molar-refractivity contribution in [2.24, 2.45) is 5.92 Å². The van der Waals surface area contributed by atoms with Crippen LogP contribution in [-0.2, 0) is 9.47 Å². The van der Waals surface area contributed by atoms with E-state index < -0.39 is 5.60 Å². The summed E-state index contributed by atoms with van der Waals surface area (Å²) in [4.78, 5) is 26.3. The normalized spacial score (nSPS) is 22.2. The van der Waals surface area contributed by atoms with E-state index in [2.05, 4.69) is 0 Å². The molecule has 5 heteroatoms. The molecule has 136 valence electrons. The minimum Gasteiger partial charge on any atom is -0.465 e. The monoisotopic (exact) mass is 345 g/mol. The Labute approximate surface area is 149 Å². The minimum absolute atomic E-state index is 0.156. The molecule has 3 rings (SSSR count). The maximum Gasteiger partial charge on any atom is 0.410 e. The molecule has 1 amide bonds. The van der Waals surface area contributed by atoms with Crippen molar-refractivity contribution in [1.82, 2.24) is 4.90 Å². The summed E-state index contributed by atoms with van der Waals surface area (Å²) in [5.74, 6) is 0.534. The molecule has 0 aliphatic heterocycles. The number of hydrogen-bond acceptors (Lipinski definition) is 4. The van der Waals surface area contributed by atoms with Crippen molar-refractivity contribution < 1.29 is 19.1 Å². The van der Waals surface area contributed by atoms with Crippen LogP contribution in [-0.4, -0.2) is 42.3 Å². The molecule has 25 heavy (non-hydrogen) atoms. The van der Waals surface area contributed by atoms with Crippen LogP contribution in [0, 0.1) is 5.92 Å². The van der Waals surface area contributed by atoms with Gasteiger partial charge in [0.15, 0.2) is 0 Å². The molecule has 0 aromatic heterocycles. The fourth-order valence-electron chi connectivity index (χ4n) is 3.14. The average Bonchev–Trinajstić information content (AvgIpc) is 3.44. The van der Waals surface area contributed by atoms with E-state index in [1.165, 1.54) is 20.0 Å². The molecule has 2 saturated carbocycles. The largest absolute Gasteiger partial charge is 0.465 e. The van der Waals surface area contributed by atoms with Gasteiger partial charge < -0.3 is 14.4 Å². The summed E-state index contributed by atoms with van der Waals surface area (Å²) in [7, 11) is 1.38. The zero-order chi connectivity index (χ0) is 18.2. The van der Waals surface area contributed by atoms with Gasteiger partial charge in [0.05, 0.1) is 12.7 Å². The minimum atomic E-state index is -0.492. The van der Waals surface area contributed by atoms with Gasteiger partial charge in [-0.2, -0.15) is 0 Å². The number of methoxy groups -OCH3 is 1. The second-order valence-corrected chi connectivity index (χ2v) is 8.10. The highest BCUT2D eigenvalue weighted by atomic mass is 16.6. The van der Waals surface area contributed by atoms with E-state index in [4.69, 9.17) is 9.47 Å². The Morgan fingerprint density at radius 2 is 1.96 bits per heavy atom. The molecule has 0 N–H and O–H groups in total. The van der Waals surface area contributed by atoms with Crippen LogP contribution < -0.4 is 0 Å². The zero-order valence-electron chi connectivity index (χ0n) is 15.5. The molecule has 0 bridgehead atoms. The molecule has 0 spiro atoms. The fraction of sp³-hybridized carbons (Fsp3) is 0.600. The van der Waals surface area contributed by atoms with Gasteiger partial charge in [0.1, 0.15) is 5.60 Å². The molecule has 5 nitrogen and oxygen atoms in total. The van der Waals surface area contributed by atoms with E-state index in [1.807, 2.05) is 43.9 Å². The van der Waals surface area contributed by atoms with Crippen LogP contribution >= 0.6 is 0 Å². The van der Waals surface area contributed by atoms with Gasteiger partial charge in [0.2, 0.25) is 0 Å². The lowest BCUT2D eigenvalue weighted by Gasteiger charge is -2.28. The fourth-order valence-corrected chi connectivity index (χ4v) is 3.14. The van der Waals surface area contributed by atoms with Gasteiger partial charge in [-0.05, 0) is 63.6 Å². The molecule has 1 aromatic carbocycles. The summed E-state index contributed by atoms with van der Waals surface area (Å²) in [6.07, 6.45) is 3.07. The lowest BCUT2D eigenvalue weighted by Crippen LogP contribution is -2.40. The first kappa shape index (κ1) is 17.8. The van der Waals surface area contributed by atoms with E-state index >= 15 is 0 Å². The van der Waals surface area contributed by atoms with E-state index in [9.17, 15) is 9.59 Å². The first-order valence-electron chi connectivity index (χ1n) is 8.96. The first-order valence-corrected chi connectivity index (χ1v) is 8.96. The van der Waals surface area contributed by atoms with Crippen LogP contribution in [0.5, 0.6) is 0 Å². The molecule has 2 atom stereocenters.